The first kappa shape index (κ1) is 60.4. The zero-order valence-electron chi connectivity index (χ0n) is 47.0. The molecule has 9 rings (SSSR count). The molecule has 80 heavy (non-hydrogen) atoms. The summed E-state index contributed by atoms with van der Waals surface area (Å²) in [7, 11) is 6.57. The van der Waals surface area contributed by atoms with Gasteiger partial charge in [0, 0.05) is 43.3 Å². The van der Waals surface area contributed by atoms with Gasteiger partial charge in [0.1, 0.15) is 82.6 Å². The van der Waals surface area contributed by atoms with E-state index in [1.165, 1.54) is 24.3 Å². The van der Waals surface area contributed by atoms with Gasteiger partial charge in [0.15, 0.2) is 0 Å². The number of nitrogens with zero attached hydrogens (tertiary/aromatic N) is 1. The highest BCUT2D eigenvalue weighted by atomic mass is 31.0. The molecule has 0 radical (unpaired) electrons. The molecule has 0 saturated carbocycles. The number of benzene rings is 7. The molecule has 0 aliphatic carbocycles. The maximum atomic E-state index is 13.7. The second-order valence-corrected chi connectivity index (χ2v) is 20.2. The number of carbonyl (C=O) groups excluding carboxylic acids is 1. The van der Waals surface area contributed by atoms with Crippen LogP contribution in [-0.2, 0) is 56.6 Å². The molecule has 2 aliphatic rings. The van der Waals surface area contributed by atoms with Crippen LogP contribution in [0.1, 0.15) is 85.8 Å². The molecule has 7 aromatic carbocycles. The van der Waals surface area contributed by atoms with Gasteiger partial charge in [-0.25, -0.2) is 13.6 Å². The van der Waals surface area contributed by atoms with Crippen LogP contribution in [0.15, 0.2) is 158 Å². The second kappa shape index (κ2) is 27.8. The minimum absolute atomic E-state index is 0. The van der Waals surface area contributed by atoms with Crippen LogP contribution in [0.2, 0.25) is 0 Å². The molecule has 16 heteroatoms. The van der Waals surface area contributed by atoms with Crippen molar-refractivity contribution >= 4 is 27.4 Å². The molecule has 1 N–H and O–H groups in total. The lowest BCUT2D eigenvalue weighted by Gasteiger charge is -2.44. The van der Waals surface area contributed by atoms with E-state index in [9.17, 15) is 13.6 Å². The van der Waals surface area contributed by atoms with Gasteiger partial charge in [-0.3, -0.25) is 4.90 Å². The van der Waals surface area contributed by atoms with Gasteiger partial charge in [-0.15, -0.1) is 0 Å². The number of carbonyl (C=O) groups is 1. The number of ether oxygens (including phenoxy) is 10. The van der Waals surface area contributed by atoms with Crippen LogP contribution in [0.3, 0.4) is 0 Å². The smallest absolute Gasteiger partial charge is 0.414 e. The summed E-state index contributed by atoms with van der Waals surface area (Å²) >= 11 is 0. The Morgan fingerprint density at radius 2 is 0.988 bits per heavy atom. The highest BCUT2D eigenvalue weighted by Crippen LogP contribution is 2.46. The first-order valence-corrected chi connectivity index (χ1v) is 26.2. The van der Waals surface area contributed by atoms with E-state index in [4.69, 9.17) is 47.4 Å². The standard InChI is InChI=1S/C37H40FNO7.C27H30FNO4.H3P/c1-6-43-31-18-11-27(12-19-31)24-45-36(40)39(22-25-9-16-30(41-4)17-10-25)29-15-20-33-32(21-29)34(42-5)35(37(2,3)46-33)44-23-26-7-13-28(38)14-8-26;1-27(2)26(32-17-19-5-9-20(28)10-6-19)25(31-4)23-15-21(11-14-24(23)33-27)29-16-18-7-12-22(30-3)13-8-18;/h7-21,34-35H,6,22-24H2,1-5H3;5-15,25-26,29H,16-17H2,1-4H3;1H3. The fourth-order valence-corrected chi connectivity index (χ4v) is 9.54. The molecule has 0 bridgehead atoms. The van der Waals surface area contributed by atoms with Gasteiger partial charge in [-0.1, -0.05) is 60.7 Å². The highest BCUT2D eigenvalue weighted by molar-refractivity contribution is 6.92. The number of anilines is 2. The Morgan fingerprint density at radius 3 is 1.48 bits per heavy atom. The number of hydrogen-bond donors (Lipinski definition) is 1. The minimum Gasteiger partial charge on any atom is -0.497 e. The molecule has 0 spiro atoms. The van der Waals surface area contributed by atoms with E-state index in [-0.39, 0.29) is 53.5 Å². The van der Waals surface area contributed by atoms with E-state index < -0.39 is 29.5 Å². The quantitative estimate of drug-likeness (QED) is 0.0731. The Hall–Kier alpha value is -7.26. The van der Waals surface area contributed by atoms with Crippen molar-refractivity contribution in [1.29, 1.82) is 0 Å². The van der Waals surface area contributed by atoms with Gasteiger partial charge in [0.25, 0.3) is 0 Å². The minimum atomic E-state index is -0.741. The normalized spacial score (nSPS) is 17.3. The predicted molar refractivity (Wildman–Crippen MR) is 310 cm³/mol. The van der Waals surface area contributed by atoms with Crippen molar-refractivity contribution < 1.29 is 60.9 Å². The summed E-state index contributed by atoms with van der Waals surface area (Å²) in [5.41, 5.74) is 6.48. The summed E-state index contributed by atoms with van der Waals surface area (Å²) in [6.07, 6.45) is -2.20. The third-order valence-corrected chi connectivity index (χ3v) is 13.8. The average molecular weight is 1120 g/mol. The van der Waals surface area contributed by atoms with E-state index in [2.05, 4.69) is 11.4 Å². The van der Waals surface area contributed by atoms with E-state index in [0.29, 0.717) is 31.2 Å². The van der Waals surface area contributed by atoms with Crippen LogP contribution in [0.25, 0.3) is 0 Å². The van der Waals surface area contributed by atoms with Crippen molar-refractivity contribution in [1.82, 2.24) is 0 Å². The third kappa shape index (κ3) is 15.3. The fraction of sp³-hybridized carbons (Fsp3) is 0.328. The number of nitrogens with one attached hydrogen (secondary N) is 1. The Bertz CT molecular complexity index is 3070. The van der Waals surface area contributed by atoms with Crippen molar-refractivity contribution in [2.75, 3.05) is 45.3 Å². The van der Waals surface area contributed by atoms with Crippen LogP contribution in [0, 0.1) is 11.6 Å². The molecule has 1 amide bonds. The zero-order chi connectivity index (χ0) is 56.1. The van der Waals surface area contributed by atoms with Crippen molar-refractivity contribution in [2.24, 2.45) is 0 Å². The molecule has 0 fully saturated rings. The lowest BCUT2D eigenvalue weighted by Crippen LogP contribution is -2.50. The molecular formula is C64H73F2N2O11P. The molecule has 0 aromatic heterocycles. The lowest BCUT2D eigenvalue weighted by atomic mass is 9.87. The molecule has 7 aromatic rings. The third-order valence-electron chi connectivity index (χ3n) is 13.8. The van der Waals surface area contributed by atoms with Crippen LogP contribution < -0.4 is 33.9 Å². The molecular weight excluding hydrogens is 1040 g/mol. The van der Waals surface area contributed by atoms with Crippen molar-refractivity contribution in [2.45, 2.75) is 103 Å². The molecule has 2 aliphatic heterocycles. The molecule has 13 nitrogen and oxygen atoms in total. The number of halogens is 2. The van der Waals surface area contributed by atoms with Crippen molar-refractivity contribution in [3.8, 4) is 28.7 Å². The van der Waals surface area contributed by atoms with Gasteiger partial charge in [0.2, 0.25) is 0 Å². The molecule has 5 unspecified atom stereocenters. The summed E-state index contributed by atoms with van der Waals surface area (Å²) in [5, 5.41) is 3.46. The van der Waals surface area contributed by atoms with Gasteiger partial charge < -0.3 is 52.7 Å². The van der Waals surface area contributed by atoms with Crippen LogP contribution in [0.5, 0.6) is 28.7 Å². The summed E-state index contributed by atoms with van der Waals surface area (Å²) in [5.74, 6) is 3.15. The van der Waals surface area contributed by atoms with Crippen molar-refractivity contribution in [3.63, 3.8) is 0 Å². The monoisotopic (exact) mass is 1110 g/mol. The number of hydrogen-bond acceptors (Lipinski definition) is 12. The number of fused-ring (bicyclic) bond motifs is 2. The summed E-state index contributed by atoms with van der Waals surface area (Å²) in [6.45, 7) is 12.0. The van der Waals surface area contributed by atoms with Crippen LogP contribution in [0.4, 0.5) is 25.0 Å². The largest absolute Gasteiger partial charge is 0.497 e. The first-order valence-electron chi connectivity index (χ1n) is 26.2. The fourth-order valence-electron chi connectivity index (χ4n) is 9.54. The average Bonchev–Trinajstić information content (AvgIpc) is 3.46. The number of amides is 1. The van der Waals surface area contributed by atoms with Gasteiger partial charge in [-0.05, 0) is 159 Å². The maximum absolute atomic E-state index is 13.7. The van der Waals surface area contributed by atoms with E-state index >= 15 is 0 Å². The molecule has 5 atom stereocenters. The predicted octanol–water partition coefficient (Wildman–Crippen LogP) is 14.0. The zero-order valence-corrected chi connectivity index (χ0v) is 48.4. The van der Waals surface area contributed by atoms with Gasteiger partial charge >= 0.3 is 6.09 Å². The van der Waals surface area contributed by atoms with Gasteiger partial charge in [-0.2, -0.15) is 9.90 Å². The van der Waals surface area contributed by atoms with Crippen LogP contribution >= 0.6 is 9.90 Å². The van der Waals surface area contributed by atoms with E-state index in [1.807, 2.05) is 138 Å². The van der Waals surface area contributed by atoms with Crippen LogP contribution in [-0.4, -0.2) is 64.5 Å². The Labute approximate surface area is 471 Å². The molecule has 2 heterocycles. The first-order chi connectivity index (χ1) is 38.1. The summed E-state index contributed by atoms with van der Waals surface area (Å²) < 4.78 is 85.9. The topological polar surface area (TPSA) is 125 Å². The second-order valence-electron chi connectivity index (χ2n) is 20.2. The Balaban J connectivity index is 0.000000240. The molecule has 0 saturated heterocycles. The number of rotatable bonds is 20. The SMILES string of the molecule is CCOc1ccc(COC(=O)N(Cc2ccc(OC)cc2)c2ccc3c(c2)C(OC)C(OCc2ccc(F)cc2)C(C)(C)O3)cc1.COc1ccc(CNc2ccc3c(c2)C(OC)C(OCc2ccc(F)cc2)C(C)(C)O3)cc1.P. The Kier molecular flexibility index (Phi) is 20.9. The van der Waals surface area contributed by atoms with E-state index in [0.717, 1.165) is 67.6 Å². The summed E-state index contributed by atoms with van der Waals surface area (Å²) in [4.78, 5) is 15.3. The lowest BCUT2D eigenvalue weighted by molar-refractivity contribution is -0.159. The summed E-state index contributed by atoms with van der Waals surface area (Å²) in [6, 6.07) is 47.0. The molecule has 424 valence electrons. The maximum Gasteiger partial charge on any atom is 0.414 e. The van der Waals surface area contributed by atoms with Gasteiger partial charge in [0.05, 0.1) is 40.6 Å². The highest BCUT2D eigenvalue weighted by Gasteiger charge is 2.47. The van der Waals surface area contributed by atoms with E-state index in [1.54, 1.807) is 57.6 Å². The van der Waals surface area contributed by atoms with Crippen molar-refractivity contribution in [3.05, 3.63) is 208 Å². The number of methoxy groups -OCH3 is 4. The Morgan fingerprint density at radius 1 is 0.550 bits per heavy atom.